The number of fused-ring (bicyclic) bond motifs is 1. The second kappa shape index (κ2) is 11.9. The van der Waals surface area contributed by atoms with Crippen LogP contribution < -0.4 is 9.47 Å². The van der Waals surface area contributed by atoms with E-state index < -0.39 is 5.60 Å². The zero-order valence-electron chi connectivity index (χ0n) is 19.8. The van der Waals surface area contributed by atoms with Crippen molar-refractivity contribution in [3.63, 3.8) is 0 Å². The van der Waals surface area contributed by atoms with Crippen LogP contribution in [-0.2, 0) is 9.53 Å². The van der Waals surface area contributed by atoms with Crippen LogP contribution in [0.1, 0.15) is 76.5 Å². The third kappa shape index (κ3) is 7.10. The first kappa shape index (κ1) is 24.9. The number of carbonyl (C=O) groups excluding carboxylic acids is 1. The molecule has 2 atom stereocenters. The lowest BCUT2D eigenvalue weighted by molar-refractivity contribution is -0.114. The SMILES string of the molecule is C=CCO[C@H]1C[C@](CC=O)(CC/C=C(\C)CCC=C(C)C)Oc2cc(C)cc(OC)c21. The number of hydrogen-bond donors (Lipinski definition) is 0. The van der Waals surface area contributed by atoms with E-state index in [9.17, 15) is 4.79 Å². The second-order valence-corrected chi connectivity index (χ2v) is 8.76. The van der Waals surface area contributed by atoms with E-state index in [1.54, 1.807) is 13.2 Å². The maximum Gasteiger partial charge on any atom is 0.129 e. The van der Waals surface area contributed by atoms with Crippen LogP contribution in [0.25, 0.3) is 0 Å². The van der Waals surface area contributed by atoms with Crippen molar-refractivity contribution in [2.75, 3.05) is 13.7 Å². The Balaban J connectivity index is 2.26. The highest BCUT2D eigenvalue weighted by Gasteiger charge is 2.42. The van der Waals surface area contributed by atoms with Gasteiger partial charge in [-0.3, -0.25) is 0 Å². The van der Waals surface area contributed by atoms with Crippen LogP contribution in [-0.4, -0.2) is 25.6 Å². The van der Waals surface area contributed by atoms with E-state index in [0.29, 0.717) is 19.4 Å². The van der Waals surface area contributed by atoms with Crippen molar-refractivity contribution < 1.29 is 19.0 Å². The third-order valence-electron chi connectivity index (χ3n) is 5.73. The summed E-state index contributed by atoms with van der Waals surface area (Å²) in [6.07, 6.45) is 11.7. The van der Waals surface area contributed by atoms with Crippen LogP contribution in [0.2, 0.25) is 0 Å². The summed E-state index contributed by atoms with van der Waals surface area (Å²) in [5, 5.41) is 0. The van der Waals surface area contributed by atoms with Crippen LogP contribution in [0, 0.1) is 6.92 Å². The molecule has 31 heavy (non-hydrogen) atoms. The molecule has 4 nitrogen and oxygen atoms in total. The molecule has 1 heterocycles. The summed E-state index contributed by atoms with van der Waals surface area (Å²) < 4.78 is 18.3. The number of carbonyl (C=O) groups is 1. The Morgan fingerprint density at radius 3 is 2.68 bits per heavy atom. The minimum Gasteiger partial charge on any atom is -0.496 e. The minimum atomic E-state index is -0.587. The van der Waals surface area contributed by atoms with Crippen molar-refractivity contribution in [3.05, 3.63) is 59.2 Å². The van der Waals surface area contributed by atoms with Gasteiger partial charge in [0.25, 0.3) is 0 Å². The fraction of sp³-hybridized carbons (Fsp3) is 0.519. The summed E-state index contributed by atoms with van der Waals surface area (Å²) in [6.45, 7) is 12.7. The summed E-state index contributed by atoms with van der Waals surface area (Å²) in [5.41, 5.74) is 4.10. The molecular weight excluding hydrogens is 388 g/mol. The van der Waals surface area contributed by atoms with E-state index in [-0.39, 0.29) is 6.10 Å². The first-order valence-corrected chi connectivity index (χ1v) is 11.2. The average Bonchev–Trinajstić information content (AvgIpc) is 2.71. The Morgan fingerprint density at radius 1 is 1.26 bits per heavy atom. The fourth-order valence-corrected chi connectivity index (χ4v) is 4.15. The molecule has 0 aliphatic carbocycles. The van der Waals surface area contributed by atoms with Gasteiger partial charge in [-0.05, 0) is 71.1 Å². The molecule has 1 aliphatic rings. The molecule has 170 valence electrons. The Bertz CT molecular complexity index is 817. The molecule has 0 radical (unpaired) electrons. The van der Waals surface area contributed by atoms with E-state index >= 15 is 0 Å². The van der Waals surface area contributed by atoms with Crippen molar-refractivity contribution in [2.45, 2.75) is 77.9 Å². The molecule has 1 aliphatic heterocycles. The first-order chi connectivity index (χ1) is 14.8. The first-order valence-electron chi connectivity index (χ1n) is 11.2. The topological polar surface area (TPSA) is 44.8 Å². The summed E-state index contributed by atoms with van der Waals surface area (Å²) in [4.78, 5) is 11.6. The van der Waals surface area contributed by atoms with Gasteiger partial charge >= 0.3 is 0 Å². The second-order valence-electron chi connectivity index (χ2n) is 8.76. The molecule has 0 bridgehead atoms. The quantitative estimate of drug-likeness (QED) is 0.271. The maximum absolute atomic E-state index is 11.6. The summed E-state index contributed by atoms with van der Waals surface area (Å²) in [7, 11) is 1.66. The third-order valence-corrected chi connectivity index (χ3v) is 5.73. The lowest BCUT2D eigenvalue weighted by Crippen LogP contribution is -2.42. The fourth-order valence-electron chi connectivity index (χ4n) is 4.15. The summed E-state index contributed by atoms with van der Waals surface area (Å²) in [5.74, 6) is 1.52. The van der Waals surface area contributed by atoms with E-state index in [1.807, 2.05) is 19.1 Å². The molecule has 0 N–H and O–H groups in total. The van der Waals surface area contributed by atoms with Crippen molar-refractivity contribution in [3.8, 4) is 11.5 Å². The molecule has 0 unspecified atom stereocenters. The van der Waals surface area contributed by atoms with Gasteiger partial charge in [-0.15, -0.1) is 6.58 Å². The van der Waals surface area contributed by atoms with Gasteiger partial charge in [0.2, 0.25) is 0 Å². The van der Waals surface area contributed by atoms with Gasteiger partial charge in [-0.25, -0.2) is 0 Å². The van der Waals surface area contributed by atoms with Gasteiger partial charge in [0.05, 0.1) is 25.4 Å². The molecule has 0 aromatic heterocycles. The van der Waals surface area contributed by atoms with Crippen LogP contribution in [0.5, 0.6) is 11.5 Å². The van der Waals surface area contributed by atoms with Gasteiger partial charge in [-0.2, -0.15) is 0 Å². The Hall–Kier alpha value is -2.33. The van der Waals surface area contributed by atoms with Crippen LogP contribution in [0.3, 0.4) is 0 Å². The van der Waals surface area contributed by atoms with Crippen molar-refractivity contribution in [1.29, 1.82) is 0 Å². The molecular formula is C27H38O4. The molecule has 1 aromatic rings. The summed E-state index contributed by atoms with van der Waals surface area (Å²) >= 11 is 0. The normalized spacial score (nSPS) is 20.4. The Morgan fingerprint density at radius 2 is 2.03 bits per heavy atom. The number of aryl methyl sites for hydroxylation is 1. The van der Waals surface area contributed by atoms with Crippen molar-refractivity contribution in [1.82, 2.24) is 0 Å². The van der Waals surface area contributed by atoms with Crippen LogP contribution >= 0.6 is 0 Å². The predicted molar refractivity (Wildman–Crippen MR) is 127 cm³/mol. The van der Waals surface area contributed by atoms with Gasteiger partial charge in [-0.1, -0.05) is 29.4 Å². The Labute approximate surface area is 188 Å². The Kier molecular flexibility index (Phi) is 9.57. The zero-order valence-corrected chi connectivity index (χ0v) is 19.8. The highest BCUT2D eigenvalue weighted by atomic mass is 16.5. The van der Waals surface area contributed by atoms with E-state index in [0.717, 1.165) is 54.6 Å². The molecule has 0 saturated heterocycles. The van der Waals surface area contributed by atoms with Crippen LogP contribution in [0.15, 0.2) is 48.1 Å². The zero-order chi connectivity index (χ0) is 22.9. The van der Waals surface area contributed by atoms with E-state index in [2.05, 4.69) is 39.5 Å². The number of benzene rings is 1. The van der Waals surface area contributed by atoms with Gasteiger partial charge in [0, 0.05) is 12.8 Å². The number of methoxy groups -OCH3 is 1. The number of aldehydes is 1. The lowest BCUT2D eigenvalue weighted by Gasteiger charge is -2.42. The molecule has 0 fully saturated rings. The number of allylic oxidation sites excluding steroid dienone is 4. The highest BCUT2D eigenvalue weighted by Crippen LogP contribution is 2.49. The molecule has 2 rings (SSSR count). The monoisotopic (exact) mass is 426 g/mol. The molecule has 1 aromatic carbocycles. The van der Waals surface area contributed by atoms with Gasteiger partial charge in [0.15, 0.2) is 0 Å². The van der Waals surface area contributed by atoms with Crippen molar-refractivity contribution in [2.24, 2.45) is 0 Å². The minimum absolute atomic E-state index is 0.208. The summed E-state index contributed by atoms with van der Waals surface area (Å²) in [6, 6.07) is 4.01. The smallest absolute Gasteiger partial charge is 0.129 e. The number of rotatable bonds is 12. The average molecular weight is 427 g/mol. The molecule has 0 spiro atoms. The van der Waals surface area contributed by atoms with E-state index in [1.165, 1.54) is 11.1 Å². The van der Waals surface area contributed by atoms with E-state index in [4.69, 9.17) is 14.2 Å². The van der Waals surface area contributed by atoms with Gasteiger partial charge in [0.1, 0.15) is 23.4 Å². The highest BCUT2D eigenvalue weighted by molar-refractivity contribution is 5.55. The number of ether oxygens (including phenoxy) is 3. The number of hydrogen-bond acceptors (Lipinski definition) is 4. The van der Waals surface area contributed by atoms with Crippen LogP contribution in [0.4, 0.5) is 0 Å². The van der Waals surface area contributed by atoms with Crippen molar-refractivity contribution >= 4 is 6.29 Å². The predicted octanol–water partition coefficient (Wildman–Crippen LogP) is 6.83. The largest absolute Gasteiger partial charge is 0.496 e. The molecule has 4 heteroatoms. The maximum atomic E-state index is 11.6. The lowest BCUT2D eigenvalue weighted by atomic mass is 9.82. The standard InChI is InChI=1S/C27H38O4/c1-7-16-30-25-19-27(14-15-28,13-9-12-21(4)11-8-10-20(2)3)31-24-18-22(5)17-23(29-6)26(24)25/h7,10,12,15,17-18,25H,1,8-9,11,13-14,16,19H2,2-6H3/b21-12+/t25-,27+/m0/s1. The molecule has 0 saturated carbocycles. The molecule has 0 amide bonds. The van der Waals surface area contributed by atoms with Gasteiger partial charge < -0.3 is 19.0 Å².